The number of rotatable bonds is 7. The second-order valence-electron chi connectivity index (χ2n) is 8.37. The third-order valence-corrected chi connectivity index (χ3v) is 7.96. The fraction of sp³-hybridized carbons (Fsp3) is 0.304. The molecule has 3 aromatic heterocycles. The molecule has 0 aliphatic rings. The molecule has 0 aliphatic carbocycles. The van der Waals surface area contributed by atoms with Gasteiger partial charge in [0.25, 0.3) is 11.5 Å². The van der Waals surface area contributed by atoms with E-state index < -0.39 is 27.5 Å². The lowest BCUT2D eigenvalue weighted by Crippen LogP contribution is -2.35. The van der Waals surface area contributed by atoms with Gasteiger partial charge < -0.3 is 9.88 Å². The zero-order chi connectivity index (χ0) is 25.5. The summed E-state index contributed by atoms with van der Waals surface area (Å²) >= 11 is 6.31. The summed E-state index contributed by atoms with van der Waals surface area (Å²) < 4.78 is 28.8. The van der Waals surface area contributed by atoms with Gasteiger partial charge in [0.15, 0.2) is 5.65 Å². The quantitative estimate of drug-likeness (QED) is 0.403. The Kier molecular flexibility index (Phi) is 6.67. The van der Waals surface area contributed by atoms with Gasteiger partial charge in [-0.3, -0.25) is 9.59 Å². The monoisotopic (exact) mass is 516 g/mol. The molecule has 0 saturated carbocycles. The second-order valence-corrected chi connectivity index (χ2v) is 11.1. The summed E-state index contributed by atoms with van der Waals surface area (Å²) in [5, 5.41) is 8.40. The number of aryl methyl sites for hydroxylation is 1. The molecule has 0 radical (unpaired) electrons. The zero-order valence-corrected chi connectivity index (χ0v) is 21.3. The van der Waals surface area contributed by atoms with Gasteiger partial charge in [0.05, 0.1) is 27.9 Å². The van der Waals surface area contributed by atoms with E-state index in [0.29, 0.717) is 33.4 Å². The van der Waals surface area contributed by atoms with Gasteiger partial charge in [-0.15, -0.1) is 0 Å². The normalized spacial score (nSPS) is 13.0. The van der Waals surface area contributed by atoms with Crippen LogP contribution in [0, 0.1) is 6.92 Å². The van der Waals surface area contributed by atoms with Crippen molar-refractivity contribution in [3.05, 3.63) is 75.1 Å². The van der Waals surface area contributed by atoms with Crippen molar-refractivity contribution >= 4 is 44.0 Å². The number of carbonyl (C=O) groups is 1. The van der Waals surface area contributed by atoms with Crippen molar-refractivity contribution in [3.8, 4) is 0 Å². The molecule has 35 heavy (non-hydrogen) atoms. The van der Waals surface area contributed by atoms with E-state index in [4.69, 9.17) is 11.6 Å². The molecule has 12 heteroatoms. The molecular weight excluding hydrogens is 492 g/mol. The van der Waals surface area contributed by atoms with Gasteiger partial charge >= 0.3 is 0 Å². The molecule has 0 aliphatic heterocycles. The highest BCUT2D eigenvalue weighted by molar-refractivity contribution is 7.89. The van der Waals surface area contributed by atoms with Gasteiger partial charge in [0.1, 0.15) is 5.56 Å². The standard InChI is InChI=1S/C23H25ClN6O4S/c1-14(26-22(31)19-15(2)27-30-10-6-9-25-21(19)30)18-13-16-7-5-8-17(24)20(16)23(32)29(18)11-12-35(33,34)28(3)4/h5-10,13-14H,11-12H2,1-4H3,(H,26,31)/t14-/m0/s1. The van der Waals surface area contributed by atoms with E-state index in [9.17, 15) is 18.0 Å². The van der Waals surface area contributed by atoms with Crippen molar-refractivity contribution in [3.63, 3.8) is 0 Å². The molecule has 1 aromatic carbocycles. The Labute approximate surface area is 207 Å². The average Bonchev–Trinajstić information content (AvgIpc) is 3.13. The number of carbonyl (C=O) groups excluding carboxylic acids is 1. The Morgan fingerprint density at radius 3 is 2.71 bits per heavy atom. The molecule has 0 spiro atoms. The summed E-state index contributed by atoms with van der Waals surface area (Å²) in [6.07, 6.45) is 3.28. The topological polar surface area (TPSA) is 119 Å². The average molecular weight is 517 g/mol. The van der Waals surface area contributed by atoms with Crippen LogP contribution in [0.2, 0.25) is 5.02 Å². The summed E-state index contributed by atoms with van der Waals surface area (Å²) in [5.41, 5.74) is 1.27. The largest absolute Gasteiger partial charge is 0.344 e. The van der Waals surface area contributed by atoms with Gasteiger partial charge in [0.2, 0.25) is 10.0 Å². The van der Waals surface area contributed by atoms with Gasteiger partial charge in [-0.2, -0.15) is 5.10 Å². The van der Waals surface area contributed by atoms with Crippen LogP contribution in [0.25, 0.3) is 16.4 Å². The first-order chi connectivity index (χ1) is 16.5. The van der Waals surface area contributed by atoms with Crippen LogP contribution in [0.5, 0.6) is 0 Å². The number of nitrogens with one attached hydrogen (secondary N) is 1. The molecule has 0 unspecified atom stereocenters. The van der Waals surface area contributed by atoms with E-state index in [2.05, 4.69) is 15.4 Å². The maximum atomic E-state index is 13.4. The molecule has 0 saturated heterocycles. The predicted molar refractivity (Wildman–Crippen MR) is 134 cm³/mol. The summed E-state index contributed by atoms with van der Waals surface area (Å²) in [6, 6.07) is 7.91. The van der Waals surface area contributed by atoms with Crippen molar-refractivity contribution in [2.45, 2.75) is 26.4 Å². The van der Waals surface area contributed by atoms with E-state index in [0.717, 1.165) is 4.31 Å². The van der Waals surface area contributed by atoms with Gasteiger partial charge in [0, 0.05) is 38.7 Å². The summed E-state index contributed by atoms with van der Waals surface area (Å²) in [5.74, 6) is -0.699. The maximum Gasteiger partial charge on any atom is 0.260 e. The fourth-order valence-corrected chi connectivity index (χ4v) is 5.00. The lowest BCUT2D eigenvalue weighted by atomic mass is 10.1. The molecule has 4 aromatic rings. The van der Waals surface area contributed by atoms with E-state index >= 15 is 0 Å². The van der Waals surface area contributed by atoms with E-state index in [-0.39, 0.29) is 17.3 Å². The molecule has 184 valence electrons. The third-order valence-electron chi connectivity index (χ3n) is 5.84. The number of fused-ring (bicyclic) bond motifs is 2. The molecule has 4 rings (SSSR count). The summed E-state index contributed by atoms with van der Waals surface area (Å²) in [4.78, 5) is 30.9. The number of benzene rings is 1. The van der Waals surface area contributed by atoms with Crippen LogP contribution in [0.4, 0.5) is 0 Å². The van der Waals surface area contributed by atoms with Gasteiger partial charge in [-0.25, -0.2) is 22.2 Å². The molecule has 0 fully saturated rings. The fourth-order valence-electron chi connectivity index (χ4n) is 3.96. The highest BCUT2D eigenvalue weighted by atomic mass is 35.5. The minimum atomic E-state index is -3.57. The molecule has 1 amide bonds. The van der Waals surface area contributed by atoms with Crippen molar-refractivity contribution in [1.29, 1.82) is 0 Å². The number of amides is 1. The number of halogens is 1. The first-order valence-corrected chi connectivity index (χ1v) is 12.8. The maximum absolute atomic E-state index is 13.4. The predicted octanol–water partition coefficient (Wildman–Crippen LogP) is 2.39. The van der Waals surface area contributed by atoms with Crippen LogP contribution in [0.1, 0.15) is 34.7 Å². The van der Waals surface area contributed by atoms with Crippen LogP contribution in [-0.2, 0) is 16.6 Å². The minimum Gasteiger partial charge on any atom is -0.344 e. The van der Waals surface area contributed by atoms with Crippen molar-refractivity contribution in [2.24, 2.45) is 0 Å². The van der Waals surface area contributed by atoms with Crippen molar-refractivity contribution in [1.82, 2.24) is 28.8 Å². The van der Waals surface area contributed by atoms with Gasteiger partial charge in [-0.05, 0) is 37.4 Å². The first-order valence-electron chi connectivity index (χ1n) is 10.8. The van der Waals surface area contributed by atoms with Crippen molar-refractivity contribution < 1.29 is 13.2 Å². The Bertz CT molecular complexity index is 1610. The molecular formula is C23H25ClN6O4S. The summed E-state index contributed by atoms with van der Waals surface area (Å²) in [6.45, 7) is 3.34. The lowest BCUT2D eigenvalue weighted by molar-refractivity contribution is 0.0939. The van der Waals surface area contributed by atoms with Crippen molar-refractivity contribution in [2.75, 3.05) is 19.8 Å². The molecule has 3 heterocycles. The Morgan fingerprint density at radius 1 is 1.26 bits per heavy atom. The van der Waals surface area contributed by atoms with Crippen LogP contribution in [0.15, 0.2) is 47.5 Å². The molecule has 0 bridgehead atoms. The van der Waals surface area contributed by atoms with E-state index in [1.807, 2.05) is 0 Å². The third kappa shape index (κ3) is 4.66. The molecule has 1 atom stereocenters. The number of sulfonamides is 1. The minimum absolute atomic E-state index is 0.104. The highest BCUT2D eigenvalue weighted by Gasteiger charge is 2.24. The number of aromatic nitrogens is 4. The Hall–Kier alpha value is -3.28. The molecule has 10 nitrogen and oxygen atoms in total. The van der Waals surface area contributed by atoms with E-state index in [1.54, 1.807) is 56.6 Å². The number of hydrogen-bond donors (Lipinski definition) is 1. The number of hydrogen-bond acceptors (Lipinski definition) is 6. The number of nitrogens with zero attached hydrogens (tertiary/aromatic N) is 5. The molecule has 1 N–H and O–H groups in total. The van der Waals surface area contributed by atoms with Crippen LogP contribution in [0.3, 0.4) is 0 Å². The van der Waals surface area contributed by atoms with E-state index in [1.165, 1.54) is 23.2 Å². The van der Waals surface area contributed by atoms with Crippen LogP contribution in [-0.4, -0.2) is 57.6 Å². The lowest BCUT2D eigenvalue weighted by Gasteiger charge is -2.21. The Morgan fingerprint density at radius 2 is 2.00 bits per heavy atom. The van der Waals surface area contributed by atoms with Crippen LogP contribution < -0.4 is 10.9 Å². The first kappa shape index (κ1) is 24.8. The smallest absolute Gasteiger partial charge is 0.260 e. The SMILES string of the molecule is Cc1nn2cccnc2c1C(=O)N[C@@H](C)c1cc2cccc(Cl)c2c(=O)n1CCS(=O)(=O)N(C)C. The second kappa shape index (κ2) is 9.40. The Balaban J connectivity index is 1.77. The highest BCUT2D eigenvalue weighted by Crippen LogP contribution is 2.24. The summed E-state index contributed by atoms with van der Waals surface area (Å²) in [7, 11) is -0.701. The zero-order valence-electron chi connectivity index (χ0n) is 19.7. The van der Waals surface area contributed by atoms with Crippen LogP contribution >= 0.6 is 11.6 Å². The number of pyridine rings is 1. The van der Waals surface area contributed by atoms with Gasteiger partial charge in [-0.1, -0.05) is 23.7 Å².